The van der Waals surface area contributed by atoms with Crippen molar-refractivity contribution < 1.29 is 32.8 Å². The van der Waals surface area contributed by atoms with E-state index in [0.717, 1.165) is 44.9 Å². The van der Waals surface area contributed by atoms with E-state index in [0.29, 0.717) is 13.0 Å². The van der Waals surface area contributed by atoms with Gasteiger partial charge in [-0.15, -0.1) is 0 Å². The maximum atomic E-state index is 12.6. The number of esters is 1. The second-order valence-corrected chi connectivity index (χ2v) is 18.1. The maximum absolute atomic E-state index is 12.6. The Labute approximate surface area is 359 Å². The molecule has 0 aliphatic heterocycles. The fourth-order valence-corrected chi connectivity index (χ4v) is 7.97. The molecule has 344 valence electrons. The summed E-state index contributed by atoms with van der Waals surface area (Å²) in [6.45, 7) is 4.95. The molecule has 8 nitrogen and oxygen atoms in total. The molecule has 0 radical (unpaired) electrons. The van der Waals surface area contributed by atoms with Crippen molar-refractivity contribution >= 4 is 13.8 Å². The van der Waals surface area contributed by atoms with Gasteiger partial charge in [-0.25, -0.2) is 4.57 Å². The van der Waals surface area contributed by atoms with E-state index in [1.807, 2.05) is 0 Å². The van der Waals surface area contributed by atoms with Gasteiger partial charge in [0.25, 0.3) is 0 Å². The highest BCUT2D eigenvalue weighted by atomic mass is 31.2. The number of allylic oxidation sites excluding steroid dienone is 4. The van der Waals surface area contributed by atoms with Crippen LogP contribution in [0.2, 0.25) is 0 Å². The summed E-state index contributed by atoms with van der Waals surface area (Å²) in [6.07, 6.45) is 53.5. The van der Waals surface area contributed by atoms with E-state index in [9.17, 15) is 14.3 Å². The van der Waals surface area contributed by atoms with Gasteiger partial charge in [-0.1, -0.05) is 218 Å². The van der Waals surface area contributed by atoms with Gasteiger partial charge in [-0.3, -0.25) is 13.8 Å². The Morgan fingerprint density at radius 3 is 1.36 bits per heavy atom. The van der Waals surface area contributed by atoms with Crippen LogP contribution < -0.4 is 5.73 Å². The topological polar surface area (TPSA) is 117 Å². The molecule has 2 unspecified atom stereocenters. The van der Waals surface area contributed by atoms with Crippen molar-refractivity contribution in [2.45, 2.75) is 251 Å². The average molecular weight is 842 g/mol. The molecule has 2 atom stereocenters. The van der Waals surface area contributed by atoms with Gasteiger partial charge in [0, 0.05) is 19.6 Å². The van der Waals surface area contributed by atoms with Crippen molar-refractivity contribution in [3.05, 3.63) is 24.3 Å². The Kier molecular flexibility index (Phi) is 46.2. The number of carbonyl (C=O) groups is 1. The van der Waals surface area contributed by atoms with Crippen LogP contribution in [0.5, 0.6) is 0 Å². The highest BCUT2D eigenvalue weighted by Crippen LogP contribution is 2.43. The molecule has 0 bridgehead atoms. The molecule has 0 aromatic carbocycles. The summed E-state index contributed by atoms with van der Waals surface area (Å²) in [5.41, 5.74) is 5.38. The number of rotatable bonds is 48. The fourth-order valence-electron chi connectivity index (χ4n) is 7.21. The standard InChI is InChI=1S/C49H96NO7P/c1-3-5-7-9-11-13-15-17-19-21-23-24-25-27-29-31-33-35-37-39-41-44-54-46-48(47-56-58(52,53)55-45-43-50)57-49(51)42-40-38-36-34-32-30-28-26-22-20-18-16-14-12-10-8-6-4-2/h14,16,20,22,48H,3-13,15,17-19,21,23-47,50H2,1-2H3,(H,52,53)/b16-14-,22-20-. The lowest BCUT2D eigenvalue weighted by Crippen LogP contribution is -2.28. The van der Waals surface area contributed by atoms with Crippen LogP contribution in [0.25, 0.3) is 0 Å². The number of phosphoric acid groups is 1. The Bertz CT molecular complexity index is 946. The molecule has 0 spiro atoms. The smallest absolute Gasteiger partial charge is 0.457 e. The summed E-state index contributed by atoms with van der Waals surface area (Å²) in [5.74, 6) is -0.333. The van der Waals surface area contributed by atoms with Gasteiger partial charge >= 0.3 is 13.8 Å². The van der Waals surface area contributed by atoms with Crippen molar-refractivity contribution in [3.8, 4) is 0 Å². The number of carbonyl (C=O) groups excluding carboxylic acids is 1. The zero-order valence-corrected chi connectivity index (χ0v) is 39.2. The molecule has 0 fully saturated rings. The number of hydrogen-bond acceptors (Lipinski definition) is 7. The van der Waals surface area contributed by atoms with Crippen LogP contribution >= 0.6 is 7.82 Å². The van der Waals surface area contributed by atoms with Crippen LogP contribution in [0.3, 0.4) is 0 Å². The number of unbranched alkanes of at least 4 members (excludes halogenated alkanes) is 31. The largest absolute Gasteiger partial charge is 0.472 e. The van der Waals surface area contributed by atoms with E-state index >= 15 is 0 Å². The maximum Gasteiger partial charge on any atom is 0.472 e. The van der Waals surface area contributed by atoms with Crippen LogP contribution in [0.15, 0.2) is 24.3 Å². The monoisotopic (exact) mass is 842 g/mol. The summed E-state index contributed by atoms with van der Waals surface area (Å²) in [5, 5.41) is 0. The minimum Gasteiger partial charge on any atom is -0.457 e. The van der Waals surface area contributed by atoms with Crippen molar-refractivity contribution in [3.63, 3.8) is 0 Å². The minimum absolute atomic E-state index is 0.0948. The van der Waals surface area contributed by atoms with Crippen molar-refractivity contribution in [2.24, 2.45) is 5.73 Å². The number of nitrogens with two attached hydrogens (primary N) is 1. The molecule has 0 aliphatic carbocycles. The fraction of sp³-hybridized carbons (Fsp3) is 0.898. The summed E-state index contributed by atoms with van der Waals surface area (Å²) in [6, 6.07) is 0. The molecule has 9 heteroatoms. The number of phosphoric ester groups is 1. The SMILES string of the molecule is CCCCCC/C=C\C/C=C\CCCCCCCCCC(=O)OC(COCCCCCCCCCCCCCCCCCCCCCCC)COP(=O)(O)OCCN. The van der Waals surface area contributed by atoms with E-state index in [2.05, 4.69) is 38.2 Å². The third kappa shape index (κ3) is 46.1. The zero-order chi connectivity index (χ0) is 42.3. The Morgan fingerprint density at radius 1 is 0.517 bits per heavy atom. The molecule has 0 saturated heterocycles. The van der Waals surface area contributed by atoms with Gasteiger partial charge in [0.2, 0.25) is 0 Å². The summed E-state index contributed by atoms with van der Waals surface area (Å²) in [7, 11) is -4.28. The molecule has 0 aliphatic rings. The Morgan fingerprint density at radius 2 is 0.914 bits per heavy atom. The highest BCUT2D eigenvalue weighted by molar-refractivity contribution is 7.47. The lowest BCUT2D eigenvalue weighted by molar-refractivity contribution is -0.154. The lowest BCUT2D eigenvalue weighted by atomic mass is 10.0. The highest BCUT2D eigenvalue weighted by Gasteiger charge is 2.25. The Hall–Kier alpha value is -1.02. The predicted octanol–water partition coefficient (Wildman–Crippen LogP) is 15.2. The third-order valence-electron chi connectivity index (χ3n) is 10.9. The van der Waals surface area contributed by atoms with Gasteiger partial charge in [-0.05, 0) is 44.9 Å². The lowest BCUT2D eigenvalue weighted by Gasteiger charge is -2.20. The van der Waals surface area contributed by atoms with Gasteiger partial charge in [-0.2, -0.15) is 0 Å². The number of ether oxygens (including phenoxy) is 2. The second-order valence-electron chi connectivity index (χ2n) is 16.7. The van der Waals surface area contributed by atoms with E-state index in [1.165, 1.54) is 180 Å². The molecule has 0 aromatic heterocycles. The van der Waals surface area contributed by atoms with Gasteiger partial charge in [0.15, 0.2) is 0 Å². The van der Waals surface area contributed by atoms with E-state index in [-0.39, 0.29) is 32.3 Å². The molecule has 3 N–H and O–H groups in total. The van der Waals surface area contributed by atoms with Gasteiger partial charge in [0.05, 0.1) is 19.8 Å². The quantitative estimate of drug-likeness (QED) is 0.0269. The van der Waals surface area contributed by atoms with Crippen LogP contribution in [-0.2, 0) is 27.9 Å². The normalized spacial score (nSPS) is 13.5. The van der Waals surface area contributed by atoms with Crippen molar-refractivity contribution in [2.75, 3.05) is 33.0 Å². The molecular formula is C49H96NO7P. The molecule has 0 amide bonds. The van der Waals surface area contributed by atoms with E-state index < -0.39 is 13.9 Å². The number of hydrogen-bond donors (Lipinski definition) is 2. The van der Waals surface area contributed by atoms with Crippen molar-refractivity contribution in [1.29, 1.82) is 0 Å². The zero-order valence-electron chi connectivity index (χ0n) is 38.3. The van der Waals surface area contributed by atoms with E-state index in [4.69, 9.17) is 24.3 Å². The van der Waals surface area contributed by atoms with Gasteiger partial charge in [0.1, 0.15) is 6.10 Å². The van der Waals surface area contributed by atoms with Crippen molar-refractivity contribution in [1.82, 2.24) is 0 Å². The summed E-state index contributed by atoms with van der Waals surface area (Å²) in [4.78, 5) is 22.6. The molecule has 58 heavy (non-hydrogen) atoms. The molecule has 0 saturated carbocycles. The molecule has 0 aromatic rings. The first kappa shape index (κ1) is 57.0. The molecular weight excluding hydrogens is 746 g/mol. The van der Waals surface area contributed by atoms with Crippen LogP contribution in [0.4, 0.5) is 0 Å². The first-order valence-corrected chi connectivity index (χ1v) is 26.3. The first-order valence-electron chi connectivity index (χ1n) is 24.8. The first-order chi connectivity index (χ1) is 28.4. The van der Waals surface area contributed by atoms with Gasteiger partial charge < -0.3 is 20.1 Å². The minimum atomic E-state index is -4.28. The van der Waals surface area contributed by atoms with Crippen LogP contribution in [-0.4, -0.2) is 49.9 Å². The summed E-state index contributed by atoms with van der Waals surface area (Å²) >= 11 is 0. The van der Waals surface area contributed by atoms with E-state index in [1.54, 1.807) is 0 Å². The summed E-state index contributed by atoms with van der Waals surface area (Å²) < 4.78 is 33.6. The predicted molar refractivity (Wildman–Crippen MR) is 247 cm³/mol. The van der Waals surface area contributed by atoms with Crippen LogP contribution in [0, 0.1) is 0 Å². The molecule has 0 rings (SSSR count). The second kappa shape index (κ2) is 47.0. The molecule has 0 heterocycles. The third-order valence-corrected chi connectivity index (χ3v) is 11.9. The Balaban J connectivity index is 3.93. The van der Waals surface area contributed by atoms with Crippen LogP contribution in [0.1, 0.15) is 245 Å². The average Bonchev–Trinajstić information content (AvgIpc) is 3.21.